The molecule has 2 aromatic rings. The molecule has 2 aromatic heterocycles. The molecule has 0 aliphatic heterocycles. The molecule has 9 heteroatoms. The molecule has 0 aliphatic carbocycles. The minimum atomic E-state index is -3.98. The van der Waals surface area contributed by atoms with E-state index in [-0.39, 0.29) is 17.1 Å². The van der Waals surface area contributed by atoms with Crippen molar-refractivity contribution in [3.05, 3.63) is 41.0 Å². The number of aromatic nitrogens is 3. The molecule has 0 fully saturated rings. The second-order valence-corrected chi connectivity index (χ2v) is 6.16. The normalized spacial score (nSPS) is 11.5. The first kappa shape index (κ1) is 15.1. The molecule has 0 bridgehead atoms. The van der Waals surface area contributed by atoms with E-state index in [0.717, 1.165) is 11.1 Å². The van der Waals surface area contributed by atoms with E-state index >= 15 is 0 Å². The van der Waals surface area contributed by atoms with Crippen LogP contribution in [0.3, 0.4) is 0 Å². The molecule has 0 saturated carbocycles. The Morgan fingerprint density at radius 1 is 1.43 bits per heavy atom. The number of carboxylic acids is 1. The Morgan fingerprint density at radius 2 is 2.14 bits per heavy atom. The second-order valence-electron chi connectivity index (χ2n) is 4.46. The van der Waals surface area contributed by atoms with E-state index in [1.165, 1.54) is 6.92 Å². The third-order valence-electron chi connectivity index (χ3n) is 2.95. The number of sulfonamides is 1. The number of pyridine rings is 1. The first-order chi connectivity index (χ1) is 9.83. The van der Waals surface area contributed by atoms with E-state index < -0.39 is 21.7 Å². The van der Waals surface area contributed by atoms with Gasteiger partial charge >= 0.3 is 5.97 Å². The predicted molar refractivity (Wildman–Crippen MR) is 73.3 cm³/mol. The number of aryl methyl sites for hydroxylation is 2. The molecular formula is C12H14N4O4S. The smallest absolute Gasteiger partial charge is 0.357 e. The van der Waals surface area contributed by atoms with Gasteiger partial charge in [0.15, 0.2) is 5.69 Å². The van der Waals surface area contributed by atoms with Crippen molar-refractivity contribution in [2.45, 2.75) is 25.3 Å². The number of aromatic carboxylic acids is 1. The Labute approximate surface area is 121 Å². The molecule has 0 spiro atoms. The minimum Gasteiger partial charge on any atom is -0.476 e. The summed E-state index contributed by atoms with van der Waals surface area (Å²) in [6.45, 7) is 3.30. The van der Waals surface area contributed by atoms with Gasteiger partial charge in [0, 0.05) is 18.9 Å². The maximum atomic E-state index is 12.3. The first-order valence-electron chi connectivity index (χ1n) is 6.00. The first-order valence-corrected chi connectivity index (χ1v) is 7.48. The highest BCUT2D eigenvalue weighted by Gasteiger charge is 2.28. The van der Waals surface area contributed by atoms with Gasteiger partial charge in [0.2, 0.25) is 10.0 Å². The number of hydrogen-bond donors (Lipinski definition) is 3. The van der Waals surface area contributed by atoms with Gasteiger partial charge in [-0.2, -0.15) is 5.10 Å². The van der Waals surface area contributed by atoms with E-state index in [1.807, 2.05) is 6.92 Å². The van der Waals surface area contributed by atoms with Crippen molar-refractivity contribution in [2.24, 2.45) is 0 Å². The molecule has 0 atom stereocenters. The number of aromatic amines is 1. The molecule has 3 N–H and O–H groups in total. The molecule has 8 nitrogen and oxygen atoms in total. The molecule has 0 unspecified atom stereocenters. The van der Waals surface area contributed by atoms with Crippen LogP contribution in [0.2, 0.25) is 0 Å². The number of rotatable bonds is 5. The highest BCUT2D eigenvalue weighted by atomic mass is 32.2. The quantitative estimate of drug-likeness (QED) is 0.742. The van der Waals surface area contributed by atoms with Crippen molar-refractivity contribution in [2.75, 3.05) is 0 Å². The minimum absolute atomic E-state index is 0.0420. The van der Waals surface area contributed by atoms with Crippen molar-refractivity contribution in [1.82, 2.24) is 19.9 Å². The van der Waals surface area contributed by atoms with Crippen molar-refractivity contribution in [3.8, 4) is 0 Å². The molecule has 0 aromatic carbocycles. The van der Waals surface area contributed by atoms with Crippen LogP contribution >= 0.6 is 0 Å². The van der Waals surface area contributed by atoms with Crippen LogP contribution < -0.4 is 4.72 Å². The van der Waals surface area contributed by atoms with Crippen LogP contribution in [0.1, 0.15) is 27.3 Å². The fraction of sp³-hybridized carbons (Fsp3) is 0.250. The average Bonchev–Trinajstić information content (AvgIpc) is 2.81. The van der Waals surface area contributed by atoms with Gasteiger partial charge in [-0.15, -0.1) is 0 Å². The largest absolute Gasteiger partial charge is 0.476 e. The number of nitrogens with zero attached hydrogens (tertiary/aromatic N) is 2. The summed E-state index contributed by atoms with van der Waals surface area (Å²) >= 11 is 0. The number of H-pyrrole nitrogens is 1. The Balaban J connectivity index is 2.30. The second kappa shape index (κ2) is 5.62. The van der Waals surface area contributed by atoms with Gasteiger partial charge in [-0.25, -0.2) is 17.9 Å². The summed E-state index contributed by atoms with van der Waals surface area (Å²) in [6.07, 6.45) is 3.18. The maximum Gasteiger partial charge on any atom is 0.357 e. The summed E-state index contributed by atoms with van der Waals surface area (Å²) in [5.74, 6) is -1.40. The summed E-state index contributed by atoms with van der Waals surface area (Å²) in [4.78, 5) is 14.6. The Bertz CT molecular complexity index is 782. The van der Waals surface area contributed by atoms with E-state index in [4.69, 9.17) is 5.11 Å². The zero-order valence-electron chi connectivity index (χ0n) is 11.4. The summed E-state index contributed by atoms with van der Waals surface area (Å²) in [6, 6.07) is 1.69. The van der Waals surface area contributed by atoms with Crippen molar-refractivity contribution in [1.29, 1.82) is 0 Å². The highest BCUT2D eigenvalue weighted by Crippen LogP contribution is 2.18. The van der Waals surface area contributed by atoms with Crippen LogP contribution in [0.15, 0.2) is 23.4 Å². The lowest BCUT2D eigenvalue weighted by Gasteiger charge is -2.08. The van der Waals surface area contributed by atoms with E-state index in [2.05, 4.69) is 19.9 Å². The molecular weight excluding hydrogens is 296 g/mol. The predicted octanol–water partition coefficient (Wildman–Crippen LogP) is 0.598. The summed E-state index contributed by atoms with van der Waals surface area (Å²) < 4.78 is 26.9. The lowest BCUT2D eigenvalue weighted by Crippen LogP contribution is -2.25. The topological polar surface area (TPSA) is 125 Å². The number of hydrogen-bond acceptors (Lipinski definition) is 5. The lowest BCUT2D eigenvalue weighted by atomic mass is 10.2. The maximum absolute atomic E-state index is 12.3. The van der Waals surface area contributed by atoms with Gasteiger partial charge in [0.25, 0.3) is 0 Å². The van der Waals surface area contributed by atoms with Crippen LogP contribution in [-0.4, -0.2) is 34.7 Å². The van der Waals surface area contributed by atoms with Crippen molar-refractivity contribution >= 4 is 16.0 Å². The molecule has 21 heavy (non-hydrogen) atoms. The molecule has 0 amide bonds. The monoisotopic (exact) mass is 310 g/mol. The standard InChI is InChI=1S/C12H14N4O4S/c1-7-5-13-4-3-9(7)6-14-21(19,20)11-8(2)15-16-10(11)12(17)18/h3-5,14H,6H2,1-2H3,(H,15,16)(H,17,18). The molecule has 112 valence electrons. The summed E-state index contributed by atoms with van der Waals surface area (Å²) in [7, 11) is -3.98. The number of carbonyl (C=O) groups is 1. The van der Waals surface area contributed by atoms with E-state index in [1.54, 1.807) is 18.5 Å². The SMILES string of the molecule is Cc1cnccc1CNS(=O)(=O)c1c(C(=O)O)n[nH]c1C. The third-order valence-corrected chi connectivity index (χ3v) is 4.51. The van der Waals surface area contributed by atoms with Crippen molar-refractivity contribution in [3.63, 3.8) is 0 Å². The molecule has 0 radical (unpaired) electrons. The van der Waals surface area contributed by atoms with Gasteiger partial charge in [-0.3, -0.25) is 10.1 Å². The number of nitrogens with one attached hydrogen (secondary N) is 2. The highest BCUT2D eigenvalue weighted by molar-refractivity contribution is 7.89. The Kier molecular flexibility index (Phi) is 4.05. The average molecular weight is 310 g/mol. The number of carboxylic acid groups (broad SMARTS) is 1. The van der Waals surface area contributed by atoms with E-state index in [0.29, 0.717) is 0 Å². The van der Waals surface area contributed by atoms with Crippen LogP contribution in [-0.2, 0) is 16.6 Å². The fourth-order valence-electron chi connectivity index (χ4n) is 1.84. The van der Waals surface area contributed by atoms with Crippen LogP contribution in [0, 0.1) is 13.8 Å². The zero-order valence-corrected chi connectivity index (χ0v) is 12.2. The third kappa shape index (κ3) is 3.09. The van der Waals surface area contributed by atoms with Gasteiger partial charge < -0.3 is 5.11 Å². The fourth-order valence-corrected chi connectivity index (χ4v) is 3.16. The van der Waals surface area contributed by atoms with Crippen LogP contribution in [0.5, 0.6) is 0 Å². The molecule has 0 aliphatic rings. The Hall–Kier alpha value is -2.26. The molecule has 0 saturated heterocycles. The van der Waals surface area contributed by atoms with Gasteiger partial charge in [-0.05, 0) is 31.0 Å². The van der Waals surface area contributed by atoms with Gasteiger partial charge in [-0.1, -0.05) is 0 Å². The van der Waals surface area contributed by atoms with Crippen LogP contribution in [0.4, 0.5) is 0 Å². The van der Waals surface area contributed by atoms with Crippen LogP contribution in [0.25, 0.3) is 0 Å². The Morgan fingerprint density at radius 3 is 2.76 bits per heavy atom. The van der Waals surface area contributed by atoms with Crippen molar-refractivity contribution < 1.29 is 18.3 Å². The van der Waals surface area contributed by atoms with E-state index in [9.17, 15) is 13.2 Å². The molecule has 2 heterocycles. The van der Waals surface area contributed by atoms with Gasteiger partial charge in [0.05, 0.1) is 5.69 Å². The summed E-state index contributed by atoms with van der Waals surface area (Å²) in [5, 5.41) is 14.9. The van der Waals surface area contributed by atoms with Gasteiger partial charge in [0.1, 0.15) is 4.90 Å². The summed E-state index contributed by atoms with van der Waals surface area (Å²) in [5.41, 5.74) is 1.24. The lowest BCUT2D eigenvalue weighted by molar-refractivity contribution is 0.0686. The molecule has 2 rings (SSSR count). The zero-order chi connectivity index (χ0) is 15.6.